The minimum Gasteiger partial charge on any atom is -0.493 e. The summed E-state index contributed by atoms with van der Waals surface area (Å²) in [5.41, 5.74) is 10.4. The van der Waals surface area contributed by atoms with Crippen molar-refractivity contribution in [2.45, 2.75) is 64.7 Å². The molecule has 0 aromatic heterocycles. The summed E-state index contributed by atoms with van der Waals surface area (Å²) in [5.74, 6) is -1.04. The Morgan fingerprint density at radius 3 is 2.40 bits per heavy atom. The first-order chi connectivity index (χ1) is 19.4. The first kappa shape index (κ1) is 33.1. The number of aldehydes is 1. The highest BCUT2D eigenvalue weighted by Crippen LogP contribution is 2.64. The van der Waals surface area contributed by atoms with E-state index in [0.29, 0.717) is 37.2 Å². The summed E-state index contributed by atoms with van der Waals surface area (Å²) in [4.78, 5) is 38.7. The van der Waals surface area contributed by atoms with E-state index in [1.54, 1.807) is 18.2 Å². The van der Waals surface area contributed by atoms with Crippen LogP contribution in [0.25, 0.3) is 0 Å². The highest BCUT2D eigenvalue weighted by Gasteiger charge is 2.66. The van der Waals surface area contributed by atoms with Gasteiger partial charge in [0.1, 0.15) is 24.2 Å². The minimum absolute atomic E-state index is 0.0175. The van der Waals surface area contributed by atoms with Gasteiger partial charge >= 0.3 is 12.1 Å². The van der Waals surface area contributed by atoms with Gasteiger partial charge in [0.2, 0.25) is 22.3 Å². The van der Waals surface area contributed by atoms with Crippen LogP contribution in [0.5, 0.6) is 5.75 Å². The average molecular weight is 621 g/mol. The van der Waals surface area contributed by atoms with E-state index in [1.807, 2.05) is 13.8 Å². The molecule has 5 N–H and O–H groups in total. The molecule has 16 heteroatoms. The van der Waals surface area contributed by atoms with Gasteiger partial charge in [0.05, 0.1) is 12.4 Å². The molecule has 2 bridgehead atoms. The predicted octanol–water partition coefficient (Wildman–Crippen LogP) is 1.94. The number of ether oxygens (including phenoxy) is 1. The maximum Gasteiger partial charge on any atom is 0.446 e. The molecule has 1 aromatic rings. The van der Waals surface area contributed by atoms with E-state index in [1.165, 1.54) is 0 Å². The summed E-state index contributed by atoms with van der Waals surface area (Å²) in [6.45, 7) is 4.42. The summed E-state index contributed by atoms with van der Waals surface area (Å²) in [5, 5.41) is 13.3. The topological polar surface area (TPSA) is 192 Å². The number of oxime groups is 1. The Labute approximate surface area is 241 Å². The number of aliphatic carboxylic acids is 1. The molecular formula is C26H35F3N4O8S. The average Bonchev–Trinajstić information content (AvgIpc) is 3.23. The van der Waals surface area contributed by atoms with E-state index in [2.05, 4.69) is 5.16 Å². The van der Waals surface area contributed by atoms with Crippen LogP contribution in [-0.4, -0.2) is 73.0 Å². The summed E-state index contributed by atoms with van der Waals surface area (Å²) < 4.78 is 65.5. The van der Waals surface area contributed by atoms with E-state index < -0.39 is 45.3 Å². The summed E-state index contributed by atoms with van der Waals surface area (Å²) >= 11 is 0. The molecule has 1 aromatic carbocycles. The molecule has 0 radical (unpaired) electrons. The number of Topliss-reactive ketones (excluding diaryl/α,β-unsaturated/α-hetero) is 1. The number of carboxylic acid groups (broad SMARTS) is 1. The van der Waals surface area contributed by atoms with E-state index in [9.17, 15) is 36.3 Å². The quantitative estimate of drug-likeness (QED) is 0.115. The van der Waals surface area contributed by atoms with Crippen LogP contribution in [0.3, 0.4) is 0 Å². The number of carboxylic acids is 1. The van der Waals surface area contributed by atoms with Gasteiger partial charge in [-0.1, -0.05) is 19.9 Å². The number of carbonyl (C=O) groups excluding carboxylic acids is 2. The van der Waals surface area contributed by atoms with Gasteiger partial charge in [-0.25, -0.2) is 8.42 Å². The minimum atomic E-state index is -4.64. The normalized spacial score (nSPS) is 24.6. The van der Waals surface area contributed by atoms with Crippen molar-refractivity contribution in [3.63, 3.8) is 0 Å². The van der Waals surface area contributed by atoms with Crippen LogP contribution in [-0.2, 0) is 42.2 Å². The van der Waals surface area contributed by atoms with Gasteiger partial charge in [0.25, 0.3) is 0 Å². The van der Waals surface area contributed by atoms with Crippen molar-refractivity contribution in [2.24, 2.45) is 33.4 Å². The van der Waals surface area contributed by atoms with Gasteiger partial charge in [0, 0.05) is 31.2 Å². The number of guanidine groups is 1. The molecule has 42 heavy (non-hydrogen) atoms. The number of ketones is 1. The molecule has 3 aliphatic rings. The Kier molecular flexibility index (Phi) is 9.82. The number of nitrogens with zero attached hydrogens (tertiary/aromatic N) is 2. The number of benzene rings is 1. The standard InChI is InChI=1S/C24H34N4O7S.C2HF3O/c1-23(2)17-6-7-24(23,20(29)12-17)14-36(32,33)28-13-16-10-18(34-8-3-9-35-27-22(25)26)5-4-15(16)11-19(28)21(30)31;3-2(4,5)1-6/h4-5,10,17,19H,3,6-9,11-14H2,1-2H3,(H,30,31)(H4,25,26,27);1H/t17?,19-,24?;/m0./s1. The van der Waals surface area contributed by atoms with Crippen molar-refractivity contribution in [1.82, 2.24) is 4.31 Å². The van der Waals surface area contributed by atoms with Crippen LogP contribution in [0.15, 0.2) is 23.4 Å². The van der Waals surface area contributed by atoms with Gasteiger partial charge in [-0.3, -0.25) is 14.4 Å². The van der Waals surface area contributed by atoms with Crippen molar-refractivity contribution in [1.29, 1.82) is 0 Å². The number of hydrogen-bond donors (Lipinski definition) is 3. The zero-order chi connectivity index (χ0) is 31.5. The van der Waals surface area contributed by atoms with Crippen LogP contribution < -0.4 is 16.2 Å². The first-order valence-electron chi connectivity index (χ1n) is 13.2. The Morgan fingerprint density at radius 1 is 1.21 bits per heavy atom. The zero-order valence-electron chi connectivity index (χ0n) is 23.2. The van der Waals surface area contributed by atoms with Gasteiger partial charge < -0.3 is 26.1 Å². The van der Waals surface area contributed by atoms with Crippen LogP contribution >= 0.6 is 0 Å². The monoisotopic (exact) mass is 620 g/mol. The summed E-state index contributed by atoms with van der Waals surface area (Å²) in [6.07, 6.45) is -3.41. The molecule has 0 spiro atoms. The third-order valence-corrected chi connectivity index (χ3v) is 10.4. The van der Waals surface area contributed by atoms with E-state index >= 15 is 0 Å². The Morgan fingerprint density at radius 2 is 1.88 bits per heavy atom. The molecule has 2 saturated carbocycles. The molecule has 1 heterocycles. The largest absolute Gasteiger partial charge is 0.493 e. The number of hydrogen-bond acceptors (Lipinski definition) is 8. The zero-order valence-corrected chi connectivity index (χ0v) is 24.0. The Bertz CT molecular complexity index is 1330. The number of sulfonamides is 1. The van der Waals surface area contributed by atoms with E-state index in [0.717, 1.165) is 16.3 Å². The molecule has 4 rings (SSSR count). The molecule has 2 unspecified atom stereocenters. The fourth-order valence-corrected chi connectivity index (χ4v) is 8.42. The number of fused-ring (bicyclic) bond motifs is 3. The molecule has 2 aliphatic carbocycles. The maximum absolute atomic E-state index is 13.7. The number of carbonyl (C=O) groups is 3. The SMILES string of the molecule is CC1(C)C2CCC1(CS(=O)(=O)N1Cc3cc(OCCCON=C(N)N)ccc3C[C@H]1C(=O)O)C(=O)C2.O=CC(F)(F)F. The molecule has 0 saturated heterocycles. The molecule has 3 atom stereocenters. The molecule has 234 valence electrons. The fourth-order valence-electron chi connectivity index (χ4n) is 6.07. The van der Waals surface area contributed by atoms with Gasteiger partial charge in [-0.2, -0.15) is 17.5 Å². The number of rotatable bonds is 10. The van der Waals surface area contributed by atoms with E-state index in [4.69, 9.17) is 25.8 Å². The van der Waals surface area contributed by atoms with Crippen molar-refractivity contribution in [3.05, 3.63) is 29.3 Å². The number of alkyl halides is 3. The second-order valence-corrected chi connectivity index (χ2v) is 13.1. The second-order valence-electron chi connectivity index (χ2n) is 11.2. The Balaban J connectivity index is 0.000000730. The van der Waals surface area contributed by atoms with Crippen LogP contribution in [0, 0.1) is 16.7 Å². The number of halogens is 3. The summed E-state index contributed by atoms with van der Waals surface area (Å²) in [7, 11) is -4.06. The van der Waals surface area contributed by atoms with Crippen molar-refractivity contribution in [2.75, 3.05) is 19.0 Å². The lowest BCUT2D eigenvalue weighted by Crippen LogP contribution is -2.53. The lowest BCUT2D eigenvalue weighted by atomic mass is 9.70. The molecule has 0 amide bonds. The Hall–Kier alpha value is -3.40. The molecular weight excluding hydrogens is 585 g/mol. The van der Waals surface area contributed by atoms with Crippen LogP contribution in [0.1, 0.15) is 50.7 Å². The smallest absolute Gasteiger partial charge is 0.446 e. The molecule has 1 aliphatic heterocycles. The number of nitrogens with two attached hydrogens (primary N) is 2. The lowest BCUT2D eigenvalue weighted by molar-refractivity contribution is -0.156. The molecule has 12 nitrogen and oxygen atoms in total. The summed E-state index contributed by atoms with van der Waals surface area (Å²) in [6, 6.07) is 4.01. The maximum atomic E-state index is 13.7. The van der Waals surface area contributed by atoms with Gasteiger partial charge in [-0.15, -0.1) is 0 Å². The third kappa shape index (κ3) is 7.14. The van der Waals surface area contributed by atoms with Gasteiger partial charge in [-0.05, 0) is 52.6 Å². The highest BCUT2D eigenvalue weighted by molar-refractivity contribution is 7.89. The third-order valence-electron chi connectivity index (χ3n) is 8.43. The van der Waals surface area contributed by atoms with Crippen LogP contribution in [0.2, 0.25) is 0 Å². The van der Waals surface area contributed by atoms with Gasteiger partial charge in [0.15, 0.2) is 0 Å². The van der Waals surface area contributed by atoms with Crippen LogP contribution in [0.4, 0.5) is 13.2 Å². The van der Waals surface area contributed by atoms with Crippen molar-refractivity contribution in [3.8, 4) is 5.75 Å². The highest BCUT2D eigenvalue weighted by atomic mass is 32.2. The fraction of sp³-hybridized carbons (Fsp3) is 0.615. The first-order valence-corrected chi connectivity index (χ1v) is 14.8. The van der Waals surface area contributed by atoms with E-state index in [-0.39, 0.29) is 43.0 Å². The molecule has 2 fully saturated rings. The van der Waals surface area contributed by atoms with Crippen molar-refractivity contribution >= 4 is 34.0 Å². The predicted molar refractivity (Wildman–Crippen MR) is 143 cm³/mol. The lowest BCUT2D eigenvalue weighted by Gasteiger charge is -2.40. The van der Waals surface area contributed by atoms with Crippen molar-refractivity contribution < 1.29 is 50.7 Å². The second kappa shape index (κ2) is 12.5.